The lowest BCUT2D eigenvalue weighted by Gasteiger charge is -2.51. The maximum atomic E-state index is 14.3. The van der Waals surface area contributed by atoms with Crippen LogP contribution >= 0.6 is 0 Å². The van der Waals surface area contributed by atoms with E-state index in [9.17, 15) is 19.2 Å². The number of piperazine rings is 1. The summed E-state index contributed by atoms with van der Waals surface area (Å²) in [4.78, 5) is 59.5. The Morgan fingerprint density at radius 3 is 2.17 bits per heavy atom. The second kappa shape index (κ2) is 13.8. The van der Waals surface area contributed by atoms with Crippen molar-refractivity contribution in [2.24, 2.45) is 17.3 Å². The van der Waals surface area contributed by atoms with E-state index in [1.807, 2.05) is 78.6 Å². The molecule has 3 fully saturated rings. The molecular weight excluding hydrogens is 586 g/mol. The minimum atomic E-state index is -1.28. The molecule has 244 valence electrons. The fourth-order valence-electron chi connectivity index (χ4n) is 7.05. The highest BCUT2D eigenvalue weighted by Crippen LogP contribution is 2.51. The van der Waals surface area contributed by atoms with E-state index in [2.05, 4.69) is 0 Å². The van der Waals surface area contributed by atoms with E-state index < -0.39 is 29.5 Å². The predicted molar refractivity (Wildman–Crippen MR) is 169 cm³/mol. The Morgan fingerprint density at radius 1 is 0.913 bits per heavy atom. The zero-order valence-corrected chi connectivity index (χ0v) is 26.6. The first-order chi connectivity index (χ1) is 22.3. The number of carbonyl (C=O) groups is 4. The number of hydrogen-bond acceptors (Lipinski definition) is 7. The number of esters is 1. The van der Waals surface area contributed by atoms with Gasteiger partial charge >= 0.3 is 5.97 Å². The number of nitrogens with zero attached hydrogens (tertiary/aromatic N) is 3. The lowest BCUT2D eigenvalue weighted by molar-refractivity contribution is -0.178. The Kier molecular flexibility index (Phi) is 9.56. The molecule has 4 aliphatic rings. The molecule has 0 unspecified atom stereocenters. The van der Waals surface area contributed by atoms with Crippen molar-refractivity contribution in [3.05, 3.63) is 83.6 Å². The van der Waals surface area contributed by atoms with E-state index in [4.69, 9.17) is 14.2 Å². The molecule has 0 aromatic heterocycles. The molecule has 46 heavy (non-hydrogen) atoms. The molecule has 0 radical (unpaired) electrons. The Balaban J connectivity index is 1.24. The van der Waals surface area contributed by atoms with Crippen molar-refractivity contribution in [1.82, 2.24) is 14.7 Å². The zero-order chi connectivity index (χ0) is 32.3. The van der Waals surface area contributed by atoms with Gasteiger partial charge in [-0.25, -0.2) is 0 Å². The summed E-state index contributed by atoms with van der Waals surface area (Å²) in [6.07, 6.45) is 2.64. The van der Waals surface area contributed by atoms with Gasteiger partial charge in [0.05, 0.1) is 33.0 Å². The Bertz CT molecular complexity index is 1450. The Labute approximate surface area is 270 Å². The lowest BCUT2D eigenvalue weighted by Crippen LogP contribution is -2.60. The molecule has 3 heterocycles. The van der Waals surface area contributed by atoms with Gasteiger partial charge < -0.3 is 28.9 Å². The van der Waals surface area contributed by atoms with Gasteiger partial charge in [-0.1, -0.05) is 60.7 Å². The largest absolute Gasteiger partial charge is 0.468 e. The third kappa shape index (κ3) is 6.59. The van der Waals surface area contributed by atoms with Crippen LogP contribution in [0.25, 0.3) is 0 Å². The van der Waals surface area contributed by atoms with Crippen LogP contribution in [0.3, 0.4) is 0 Å². The molecule has 3 aliphatic heterocycles. The highest BCUT2D eigenvalue weighted by molar-refractivity contribution is 5.93. The van der Waals surface area contributed by atoms with Crippen LogP contribution in [0.15, 0.2) is 72.4 Å². The van der Waals surface area contributed by atoms with Crippen molar-refractivity contribution in [2.45, 2.75) is 58.0 Å². The molecule has 6 rings (SSSR count). The highest BCUT2D eigenvalue weighted by Gasteiger charge is 2.59. The number of ether oxygens (including phenoxy) is 3. The number of benzene rings is 2. The third-order valence-corrected chi connectivity index (χ3v) is 9.77. The van der Waals surface area contributed by atoms with Gasteiger partial charge in [0, 0.05) is 50.1 Å². The minimum absolute atomic E-state index is 0.0386. The number of carbonyl (C=O) groups excluding carboxylic acids is 4. The molecular formula is C36H43N3O7. The van der Waals surface area contributed by atoms with Crippen LogP contribution < -0.4 is 0 Å². The minimum Gasteiger partial charge on any atom is -0.468 e. The number of amides is 3. The maximum Gasteiger partial charge on any atom is 0.320 e. The van der Waals surface area contributed by atoms with Gasteiger partial charge in [0.25, 0.3) is 0 Å². The van der Waals surface area contributed by atoms with Crippen LogP contribution in [0.1, 0.15) is 43.7 Å². The number of likely N-dealkylation sites (tertiary alicyclic amines) is 1. The molecule has 0 spiro atoms. The van der Waals surface area contributed by atoms with E-state index in [-0.39, 0.29) is 49.6 Å². The normalized spacial score (nSPS) is 26.3. The Morgan fingerprint density at radius 2 is 1.54 bits per heavy atom. The van der Waals surface area contributed by atoms with Crippen molar-refractivity contribution in [2.75, 3.05) is 39.9 Å². The zero-order valence-electron chi connectivity index (χ0n) is 26.6. The van der Waals surface area contributed by atoms with Gasteiger partial charge in [0.15, 0.2) is 0 Å². The second-order valence-corrected chi connectivity index (χ2v) is 12.8. The summed E-state index contributed by atoms with van der Waals surface area (Å²) in [6, 6.07) is 19.4. The topological polar surface area (TPSA) is 106 Å². The quantitative estimate of drug-likeness (QED) is 0.370. The lowest BCUT2D eigenvalue weighted by atomic mass is 9.66. The predicted octanol–water partition coefficient (Wildman–Crippen LogP) is 3.55. The SMILES string of the molecule is COC(=O)[C@]12C[C@H](CC(=O)N3CCN(C(=O)C4CC4)CC3)C(=O)N(Cc3ccccc3)C1=C[C@H](COCc1ccccc1)O[C@@H]2C. The molecule has 10 nitrogen and oxygen atoms in total. The molecule has 4 atom stereocenters. The number of rotatable bonds is 10. The summed E-state index contributed by atoms with van der Waals surface area (Å²) in [5.74, 6) is -1.28. The summed E-state index contributed by atoms with van der Waals surface area (Å²) >= 11 is 0. The standard InChI is InChI=1S/C36H43N3O7/c1-25-36(35(43)44-2)21-29(19-32(40)37-15-17-38(18-16-37)33(41)28-13-14-28)34(42)39(22-26-9-5-3-6-10-26)31(36)20-30(46-25)24-45-23-27-11-7-4-8-12-27/h3-12,20,25,28-30H,13-19,21-24H2,1-2H3/t25-,29+,30-,36+/m1/s1. The summed E-state index contributed by atoms with van der Waals surface area (Å²) in [7, 11) is 1.34. The molecule has 1 aliphatic carbocycles. The molecule has 2 saturated heterocycles. The van der Waals surface area contributed by atoms with Crippen molar-refractivity contribution in [1.29, 1.82) is 0 Å². The summed E-state index contributed by atoms with van der Waals surface area (Å²) < 4.78 is 17.8. The molecule has 0 N–H and O–H groups in total. The summed E-state index contributed by atoms with van der Waals surface area (Å²) in [5.41, 5.74) is 1.18. The summed E-state index contributed by atoms with van der Waals surface area (Å²) in [6.45, 7) is 4.58. The first kappa shape index (κ1) is 31.9. The smallest absolute Gasteiger partial charge is 0.320 e. The van der Waals surface area contributed by atoms with Crippen molar-refractivity contribution >= 4 is 23.7 Å². The van der Waals surface area contributed by atoms with Crippen molar-refractivity contribution in [3.63, 3.8) is 0 Å². The van der Waals surface area contributed by atoms with Gasteiger partial charge in [0.1, 0.15) is 11.5 Å². The van der Waals surface area contributed by atoms with E-state index in [1.165, 1.54) is 7.11 Å². The number of methoxy groups -OCH3 is 1. The van der Waals surface area contributed by atoms with Crippen LogP contribution in [-0.4, -0.2) is 90.5 Å². The van der Waals surface area contributed by atoms with Crippen LogP contribution in [0.4, 0.5) is 0 Å². The third-order valence-electron chi connectivity index (χ3n) is 9.77. The van der Waals surface area contributed by atoms with Crippen LogP contribution in [-0.2, 0) is 46.5 Å². The Hall–Kier alpha value is -4.02. The first-order valence-electron chi connectivity index (χ1n) is 16.3. The molecule has 2 aromatic carbocycles. The van der Waals surface area contributed by atoms with Crippen LogP contribution in [0.2, 0.25) is 0 Å². The van der Waals surface area contributed by atoms with Crippen LogP contribution in [0, 0.1) is 17.3 Å². The molecule has 1 saturated carbocycles. The molecule has 2 aromatic rings. The number of piperidine rings is 1. The van der Waals surface area contributed by atoms with Gasteiger partial charge in [-0.15, -0.1) is 0 Å². The highest BCUT2D eigenvalue weighted by atomic mass is 16.5. The van der Waals surface area contributed by atoms with Gasteiger partial charge in [-0.2, -0.15) is 0 Å². The molecule has 3 amide bonds. The average Bonchev–Trinajstić information content (AvgIpc) is 3.93. The molecule has 10 heteroatoms. The van der Waals surface area contributed by atoms with Crippen molar-refractivity contribution < 1.29 is 33.4 Å². The monoisotopic (exact) mass is 629 g/mol. The fraction of sp³-hybridized carbons (Fsp3) is 0.500. The van der Waals surface area contributed by atoms with Gasteiger partial charge in [-0.05, 0) is 43.4 Å². The average molecular weight is 630 g/mol. The maximum absolute atomic E-state index is 14.3. The van der Waals surface area contributed by atoms with E-state index in [0.29, 0.717) is 38.5 Å². The number of fused-ring (bicyclic) bond motifs is 1. The fourth-order valence-corrected chi connectivity index (χ4v) is 7.05. The van der Waals surface area contributed by atoms with Crippen molar-refractivity contribution in [3.8, 4) is 0 Å². The van der Waals surface area contributed by atoms with E-state index in [0.717, 1.165) is 24.0 Å². The van der Waals surface area contributed by atoms with E-state index >= 15 is 0 Å². The molecule has 0 bridgehead atoms. The van der Waals surface area contributed by atoms with Crippen LogP contribution in [0.5, 0.6) is 0 Å². The van der Waals surface area contributed by atoms with E-state index in [1.54, 1.807) is 9.80 Å². The number of hydrogen-bond donors (Lipinski definition) is 0. The van der Waals surface area contributed by atoms with Gasteiger partial charge in [0.2, 0.25) is 17.7 Å². The van der Waals surface area contributed by atoms with Gasteiger partial charge in [-0.3, -0.25) is 19.2 Å². The summed E-state index contributed by atoms with van der Waals surface area (Å²) in [5, 5.41) is 0. The second-order valence-electron chi connectivity index (χ2n) is 12.8. The first-order valence-corrected chi connectivity index (χ1v) is 16.3.